The number of nitro groups is 3. The van der Waals surface area contributed by atoms with Crippen LogP contribution in [0.4, 0.5) is 17.1 Å². The Balaban J connectivity index is 3.99. The Bertz CT molecular complexity index is 622. The molecule has 0 spiro atoms. The molecule has 0 saturated carbocycles. The molecule has 0 aliphatic carbocycles. The van der Waals surface area contributed by atoms with Crippen molar-refractivity contribution < 1.29 is 14.8 Å². The minimum Gasteiger partial charge on any atom is -0.258 e. The molecule has 0 heterocycles. The Morgan fingerprint density at radius 1 is 0.950 bits per heavy atom. The molecule has 0 bridgehead atoms. The molecule has 0 unspecified atom stereocenters. The maximum atomic E-state index is 11.1. The third kappa shape index (κ3) is 2.67. The van der Waals surface area contributed by atoms with Crippen molar-refractivity contribution in [2.75, 3.05) is 0 Å². The Labute approximate surface area is 117 Å². The van der Waals surface area contributed by atoms with Crippen LogP contribution in [-0.4, -0.2) is 14.8 Å². The summed E-state index contributed by atoms with van der Waals surface area (Å²) in [5, 5.41) is 32.3. The number of hydrogen-bond donors (Lipinski definition) is 0. The van der Waals surface area contributed by atoms with Crippen LogP contribution in [0.15, 0.2) is 6.07 Å². The Morgan fingerprint density at radius 3 is 1.70 bits per heavy atom. The molecule has 9 nitrogen and oxygen atoms in total. The van der Waals surface area contributed by atoms with E-state index < -0.39 is 42.3 Å². The first kappa shape index (κ1) is 15.8. The largest absolute Gasteiger partial charge is 0.305 e. The second-order valence-corrected chi connectivity index (χ2v) is 5.35. The second-order valence-electron chi connectivity index (χ2n) is 4.97. The van der Waals surface area contributed by atoms with Gasteiger partial charge in [-0.05, 0) is 0 Å². The van der Waals surface area contributed by atoms with Gasteiger partial charge in [-0.1, -0.05) is 32.4 Å². The molecule has 0 aromatic heterocycles. The number of rotatable bonds is 3. The predicted molar refractivity (Wildman–Crippen MR) is 70.1 cm³/mol. The molecule has 0 N–H and O–H groups in total. The van der Waals surface area contributed by atoms with E-state index >= 15 is 0 Å². The van der Waals surface area contributed by atoms with Crippen LogP contribution < -0.4 is 0 Å². The van der Waals surface area contributed by atoms with E-state index in [1.54, 1.807) is 0 Å². The highest BCUT2D eigenvalue weighted by atomic mass is 35.5. The molecule has 10 heteroatoms. The molecule has 108 valence electrons. The molecule has 1 aromatic carbocycles. The van der Waals surface area contributed by atoms with Crippen molar-refractivity contribution in [2.24, 2.45) is 0 Å². The van der Waals surface area contributed by atoms with Crippen LogP contribution in [0.5, 0.6) is 0 Å². The lowest BCUT2D eigenvalue weighted by Crippen LogP contribution is -2.17. The van der Waals surface area contributed by atoms with E-state index in [0.29, 0.717) is 6.07 Å². The van der Waals surface area contributed by atoms with Crippen LogP contribution in [0.3, 0.4) is 0 Å². The van der Waals surface area contributed by atoms with Gasteiger partial charge in [-0.15, -0.1) is 0 Å². The lowest BCUT2D eigenvalue weighted by molar-refractivity contribution is -0.404. The average molecular weight is 304 g/mol. The lowest BCUT2D eigenvalue weighted by atomic mass is 9.84. The maximum Gasteiger partial charge on any atom is 0.305 e. The Hall–Kier alpha value is -2.29. The molecule has 20 heavy (non-hydrogen) atoms. The van der Waals surface area contributed by atoms with Gasteiger partial charge >= 0.3 is 11.4 Å². The molecule has 0 saturated heterocycles. The van der Waals surface area contributed by atoms with Crippen molar-refractivity contribution >= 4 is 28.7 Å². The van der Waals surface area contributed by atoms with E-state index in [1.807, 2.05) is 0 Å². The molecular formula is C10H10ClN3O6. The fourth-order valence-electron chi connectivity index (χ4n) is 1.81. The highest BCUT2D eigenvalue weighted by molar-refractivity contribution is 6.35. The smallest absolute Gasteiger partial charge is 0.258 e. The standard InChI is InChI=1S/C10H10ClN3O6/c1-10(2,3)7-5(12(15)16)4-6(13(17)18)8(11)9(7)14(19)20/h4H,1-3H3. The maximum absolute atomic E-state index is 11.1. The number of nitrogens with zero attached hydrogens (tertiary/aromatic N) is 3. The van der Waals surface area contributed by atoms with Gasteiger partial charge in [-0.2, -0.15) is 0 Å². The fourth-order valence-corrected chi connectivity index (χ4v) is 2.09. The van der Waals surface area contributed by atoms with Crippen molar-refractivity contribution in [3.05, 3.63) is 47.0 Å². The van der Waals surface area contributed by atoms with Gasteiger partial charge in [-0.3, -0.25) is 30.3 Å². The number of nitro benzene ring substituents is 3. The first-order valence-corrected chi connectivity index (χ1v) is 5.66. The van der Waals surface area contributed by atoms with Gasteiger partial charge in [0.2, 0.25) is 0 Å². The molecule has 0 fully saturated rings. The van der Waals surface area contributed by atoms with Crippen molar-refractivity contribution in [1.29, 1.82) is 0 Å². The summed E-state index contributed by atoms with van der Waals surface area (Å²) in [5.41, 5.74) is -3.59. The van der Waals surface area contributed by atoms with Crippen LogP contribution in [0, 0.1) is 30.3 Å². The van der Waals surface area contributed by atoms with E-state index in [4.69, 9.17) is 11.6 Å². The van der Waals surface area contributed by atoms with Crippen molar-refractivity contribution in [3.8, 4) is 0 Å². The van der Waals surface area contributed by atoms with Gasteiger partial charge in [-0.25, -0.2) is 0 Å². The number of hydrogen-bond acceptors (Lipinski definition) is 6. The first-order chi connectivity index (χ1) is 8.98. The van der Waals surface area contributed by atoms with Gasteiger partial charge in [0, 0.05) is 5.41 Å². The lowest BCUT2D eigenvalue weighted by Gasteiger charge is -2.19. The number of benzene rings is 1. The molecule has 0 aliphatic rings. The molecule has 0 aliphatic heterocycles. The van der Waals surface area contributed by atoms with E-state index in [1.165, 1.54) is 20.8 Å². The van der Waals surface area contributed by atoms with Gasteiger partial charge in [0.05, 0.1) is 20.8 Å². The average Bonchev–Trinajstić information content (AvgIpc) is 2.25. The summed E-state index contributed by atoms with van der Waals surface area (Å²) in [6.45, 7) is 4.56. The van der Waals surface area contributed by atoms with Crippen LogP contribution in [0.25, 0.3) is 0 Å². The van der Waals surface area contributed by atoms with Crippen LogP contribution in [0.2, 0.25) is 5.02 Å². The number of halogens is 1. The zero-order valence-electron chi connectivity index (χ0n) is 10.7. The quantitative estimate of drug-likeness (QED) is 0.621. The van der Waals surface area contributed by atoms with E-state index in [-0.39, 0.29) is 5.56 Å². The van der Waals surface area contributed by atoms with E-state index in [0.717, 1.165) is 0 Å². The summed E-state index contributed by atoms with van der Waals surface area (Å²) in [6.07, 6.45) is 0. The zero-order chi connectivity index (χ0) is 15.8. The molecule has 0 radical (unpaired) electrons. The topological polar surface area (TPSA) is 129 Å². The Kier molecular flexibility index (Phi) is 3.94. The van der Waals surface area contributed by atoms with Crippen LogP contribution in [0.1, 0.15) is 26.3 Å². The minimum atomic E-state index is -0.991. The Morgan fingerprint density at radius 2 is 1.40 bits per heavy atom. The summed E-state index contributed by atoms with van der Waals surface area (Å²) >= 11 is 5.68. The van der Waals surface area contributed by atoms with Gasteiger partial charge < -0.3 is 0 Å². The van der Waals surface area contributed by atoms with Crippen molar-refractivity contribution in [1.82, 2.24) is 0 Å². The monoisotopic (exact) mass is 303 g/mol. The molecule has 0 atom stereocenters. The normalized spacial score (nSPS) is 11.2. The highest BCUT2D eigenvalue weighted by Gasteiger charge is 2.40. The SMILES string of the molecule is CC(C)(C)c1c([N+](=O)[O-])cc([N+](=O)[O-])c(Cl)c1[N+](=O)[O-]. The molecular weight excluding hydrogens is 294 g/mol. The summed E-state index contributed by atoms with van der Waals surface area (Å²) < 4.78 is 0. The highest BCUT2D eigenvalue weighted by Crippen LogP contribution is 2.46. The summed E-state index contributed by atoms with van der Waals surface area (Å²) in [7, 11) is 0. The van der Waals surface area contributed by atoms with Crippen LogP contribution in [-0.2, 0) is 5.41 Å². The predicted octanol–water partition coefficient (Wildman–Crippen LogP) is 3.36. The molecule has 0 amide bonds. The summed E-state index contributed by atoms with van der Waals surface area (Å²) in [5.74, 6) is 0. The summed E-state index contributed by atoms with van der Waals surface area (Å²) in [4.78, 5) is 30.1. The summed E-state index contributed by atoms with van der Waals surface area (Å²) in [6, 6.07) is 0.649. The van der Waals surface area contributed by atoms with Gasteiger partial charge in [0.1, 0.15) is 5.56 Å². The molecule has 1 rings (SSSR count). The van der Waals surface area contributed by atoms with Crippen molar-refractivity contribution in [3.63, 3.8) is 0 Å². The molecule has 1 aromatic rings. The van der Waals surface area contributed by atoms with Crippen molar-refractivity contribution in [2.45, 2.75) is 26.2 Å². The zero-order valence-corrected chi connectivity index (χ0v) is 11.5. The second kappa shape index (κ2) is 5.00. The van der Waals surface area contributed by atoms with Gasteiger partial charge in [0.15, 0.2) is 5.02 Å². The first-order valence-electron chi connectivity index (χ1n) is 5.28. The van der Waals surface area contributed by atoms with E-state index in [2.05, 4.69) is 0 Å². The third-order valence-electron chi connectivity index (χ3n) is 2.53. The minimum absolute atomic E-state index is 0.247. The van der Waals surface area contributed by atoms with Gasteiger partial charge in [0.25, 0.3) is 5.69 Å². The van der Waals surface area contributed by atoms with E-state index in [9.17, 15) is 30.3 Å². The van der Waals surface area contributed by atoms with Crippen LogP contribution >= 0.6 is 11.6 Å². The third-order valence-corrected chi connectivity index (χ3v) is 2.90. The fraction of sp³-hybridized carbons (Fsp3) is 0.400.